The van der Waals surface area contributed by atoms with Crippen molar-refractivity contribution in [1.29, 1.82) is 0 Å². The quantitative estimate of drug-likeness (QED) is 0.264. The molecular formula is C15H26F3IN6O. The summed E-state index contributed by atoms with van der Waals surface area (Å²) in [5.41, 5.74) is 0. The maximum absolute atomic E-state index is 12.4. The number of nitrogens with one attached hydrogen (secondary N) is 2. The van der Waals surface area contributed by atoms with Crippen molar-refractivity contribution in [3.8, 4) is 0 Å². The van der Waals surface area contributed by atoms with Gasteiger partial charge in [0.25, 0.3) is 0 Å². The fraction of sp³-hybridized carbons (Fsp3) is 0.800. The van der Waals surface area contributed by atoms with E-state index in [0.717, 1.165) is 6.42 Å². The van der Waals surface area contributed by atoms with Crippen molar-refractivity contribution in [2.24, 2.45) is 4.99 Å². The molecule has 11 heteroatoms. The summed E-state index contributed by atoms with van der Waals surface area (Å²) >= 11 is 0. The molecule has 0 amide bonds. The number of hydrogen-bond acceptors (Lipinski definition) is 5. The first-order chi connectivity index (χ1) is 11.9. The van der Waals surface area contributed by atoms with Crippen LogP contribution in [0.3, 0.4) is 0 Å². The monoisotopic (exact) mass is 490 g/mol. The normalized spacial score (nSPS) is 18.7. The van der Waals surface area contributed by atoms with Gasteiger partial charge in [0, 0.05) is 38.6 Å². The Hall–Kier alpha value is -1.11. The second-order valence-electron chi connectivity index (χ2n) is 6.08. The van der Waals surface area contributed by atoms with Crippen LogP contribution in [0.5, 0.6) is 0 Å². The molecule has 1 saturated heterocycles. The zero-order valence-corrected chi connectivity index (χ0v) is 17.3. The van der Waals surface area contributed by atoms with Crippen molar-refractivity contribution in [2.75, 3.05) is 32.7 Å². The van der Waals surface area contributed by atoms with Crippen molar-refractivity contribution >= 4 is 29.9 Å². The van der Waals surface area contributed by atoms with Crippen LogP contribution in [0.2, 0.25) is 0 Å². The van der Waals surface area contributed by atoms with E-state index in [1.54, 1.807) is 6.92 Å². The fourth-order valence-electron chi connectivity index (χ4n) is 2.72. The van der Waals surface area contributed by atoms with Crippen LogP contribution in [0.25, 0.3) is 0 Å². The van der Waals surface area contributed by atoms with Crippen LogP contribution in [0.15, 0.2) is 9.52 Å². The Morgan fingerprint density at radius 2 is 2.19 bits per heavy atom. The maximum Gasteiger partial charge on any atom is 0.401 e. The molecule has 1 atom stereocenters. The molecule has 1 aliphatic heterocycles. The number of hydrogen-bond donors (Lipinski definition) is 2. The lowest BCUT2D eigenvalue weighted by molar-refractivity contribution is -0.143. The number of alkyl halides is 3. The highest BCUT2D eigenvalue weighted by Gasteiger charge is 2.34. The number of aromatic nitrogens is 2. The molecule has 1 unspecified atom stereocenters. The van der Waals surface area contributed by atoms with Gasteiger partial charge in [-0.1, -0.05) is 5.16 Å². The molecule has 150 valence electrons. The predicted molar refractivity (Wildman–Crippen MR) is 103 cm³/mol. The molecule has 2 heterocycles. The lowest BCUT2D eigenvalue weighted by atomic mass is 10.3. The highest BCUT2D eigenvalue weighted by molar-refractivity contribution is 14.0. The second-order valence-corrected chi connectivity index (χ2v) is 6.08. The fourth-order valence-corrected chi connectivity index (χ4v) is 2.72. The van der Waals surface area contributed by atoms with Crippen molar-refractivity contribution < 1.29 is 17.7 Å². The van der Waals surface area contributed by atoms with E-state index in [4.69, 9.17) is 4.52 Å². The van der Waals surface area contributed by atoms with Crippen molar-refractivity contribution in [1.82, 2.24) is 25.7 Å². The average Bonchev–Trinajstić information content (AvgIpc) is 3.11. The smallest absolute Gasteiger partial charge is 0.357 e. The van der Waals surface area contributed by atoms with Gasteiger partial charge >= 0.3 is 6.18 Å². The minimum Gasteiger partial charge on any atom is -0.357 e. The van der Waals surface area contributed by atoms with E-state index < -0.39 is 12.7 Å². The predicted octanol–water partition coefficient (Wildman–Crippen LogP) is 2.12. The molecule has 0 radical (unpaired) electrons. The first-order valence-corrected chi connectivity index (χ1v) is 8.49. The molecule has 0 aliphatic carbocycles. The van der Waals surface area contributed by atoms with E-state index in [-0.39, 0.29) is 30.0 Å². The van der Waals surface area contributed by atoms with Crippen LogP contribution in [-0.4, -0.2) is 65.9 Å². The van der Waals surface area contributed by atoms with E-state index in [0.29, 0.717) is 56.7 Å². The van der Waals surface area contributed by atoms with Gasteiger partial charge in [0.1, 0.15) is 0 Å². The van der Waals surface area contributed by atoms with E-state index in [1.165, 1.54) is 4.90 Å². The molecule has 0 spiro atoms. The van der Waals surface area contributed by atoms with Gasteiger partial charge in [0.2, 0.25) is 5.89 Å². The number of aryl methyl sites for hydroxylation is 2. The first-order valence-electron chi connectivity index (χ1n) is 8.49. The van der Waals surface area contributed by atoms with Gasteiger partial charge in [-0.3, -0.25) is 9.89 Å². The Kier molecular flexibility index (Phi) is 9.61. The summed E-state index contributed by atoms with van der Waals surface area (Å²) in [4.78, 5) is 10.0. The van der Waals surface area contributed by atoms with Gasteiger partial charge < -0.3 is 15.2 Å². The molecule has 1 aromatic rings. The third-order valence-electron chi connectivity index (χ3n) is 3.75. The molecule has 26 heavy (non-hydrogen) atoms. The topological polar surface area (TPSA) is 78.6 Å². The van der Waals surface area contributed by atoms with E-state index in [1.807, 2.05) is 6.92 Å². The third kappa shape index (κ3) is 8.52. The summed E-state index contributed by atoms with van der Waals surface area (Å²) in [6, 6.07) is -0.0289. The lowest BCUT2D eigenvalue weighted by Crippen LogP contribution is -2.45. The number of likely N-dealkylation sites (tertiary alicyclic amines) is 1. The highest BCUT2D eigenvalue weighted by atomic mass is 127. The number of halogens is 4. The Bertz CT molecular complexity index is 566. The van der Waals surface area contributed by atoms with Crippen LogP contribution >= 0.6 is 24.0 Å². The number of rotatable bonds is 7. The summed E-state index contributed by atoms with van der Waals surface area (Å²) in [5.74, 6) is 1.82. The number of guanidine groups is 1. The summed E-state index contributed by atoms with van der Waals surface area (Å²) in [6.07, 6.45) is -2.09. The third-order valence-corrected chi connectivity index (χ3v) is 3.75. The van der Waals surface area contributed by atoms with Crippen LogP contribution in [0, 0.1) is 6.92 Å². The zero-order chi connectivity index (χ0) is 18.3. The van der Waals surface area contributed by atoms with Crippen LogP contribution < -0.4 is 10.6 Å². The largest absolute Gasteiger partial charge is 0.401 e. The minimum absolute atomic E-state index is 0. The molecule has 1 fully saturated rings. The van der Waals surface area contributed by atoms with E-state index in [2.05, 4.69) is 25.8 Å². The molecule has 1 aliphatic rings. The zero-order valence-electron chi connectivity index (χ0n) is 15.0. The molecule has 0 bridgehead atoms. The van der Waals surface area contributed by atoms with Gasteiger partial charge in [-0.05, 0) is 26.7 Å². The molecule has 0 saturated carbocycles. The van der Waals surface area contributed by atoms with Gasteiger partial charge in [0.05, 0.1) is 6.54 Å². The van der Waals surface area contributed by atoms with Gasteiger partial charge in [-0.25, -0.2) is 0 Å². The highest BCUT2D eigenvalue weighted by Crippen LogP contribution is 2.19. The van der Waals surface area contributed by atoms with Gasteiger partial charge in [-0.2, -0.15) is 18.2 Å². The number of nitrogens with zero attached hydrogens (tertiary/aromatic N) is 4. The molecular weight excluding hydrogens is 464 g/mol. The Morgan fingerprint density at radius 1 is 1.42 bits per heavy atom. The first kappa shape index (κ1) is 22.9. The standard InChI is InChI=1S/C15H25F3N6O.HI/c1-3-19-14(20-7-4-5-13-21-11(2)23-25-13)22-12-6-8-24(9-12)10-15(16,17)18;/h12H,3-10H2,1-2H3,(H2,19,20,22);1H. The van der Waals surface area contributed by atoms with Crippen molar-refractivity contribution in [3.63, 3.8) is 0 Å². The van der Waals surface area contributed by atoms with Gasteiger partial charge in [0.15, 0.2) is 11.8 Å². The van der Waals surface area contributed by atoms with E-state index in [9.17, 15) is 13.2 Å². The van der Waals surface area contributed by atoms with E-state index >= 15 is 0 Å². The summed E-state index contributed by atoms with van der Waals surface area (Å²) < 4.78 is 42.4. The summed E-state index contributed by atoms with van der Waals surface area (Å²) in [6.45, 7) is 4.91. The summed E-state index contributed by atoms with van der Waals surface area (Å²) in [5, 5.41) is 10.1. The van der Waals surface area contributed by atoms with Crippen molar-refractivity contribution in [3.05, 3.63) is 11.7 Å². The molecule has 7 nitrogen and oxygen atoms in total. The van der Waals surface area contributed by atoms with Gasteiger partial charge in [-0.15, -0.1) is 24.0 Å². The van der Waals surface area contributed by atoms with Crippen LogP contribution in [-0.2, 0) is 6.42 Å². The van der Waals surface area contributed by atoms with Crippen LogP contribution in [0.4, 0.5) is 13.2 Å². The minimum atomic E-state index is -4.15. The average molecular weight is 490 g/mol. The summed E-state index contributed by atoms with van der Waals surface area (Å²) in [7, 11) is 0. The van der Waals surface area contributed by atoms with Crippen LogP contribution in [0.1, 0.15) is 31.5 Å². The number of aliphatic imine (C=N–C) groups is 1. The Labute approximate surface area is 168 Å². The Morgan fingerprint density at radius 3 is 2.81 bits per heavy atom. The van der Waals surface area contributed by atoms with Crippen molar-refractivity contribution in [2.45, 2.75) is 45.3 Å². The molecule has 2 rings (SSSR count). The maximum atomic E-state index is 12.4. The SMILES string of the molecule is CCNC(=NCCCc1nc(C)no1)NC1CCN(CC(F)(F)F)C1.I. The molecule has 1 aromatic heterocycles. The lowest BCUT2D eigenvalue weighted by Gasteiger charge is -2.19. The second kappa shape index (κ2) is 10.9. The molecule has 2 N–H and O–H groups in total. The Balaban J connectivity index is 0.00000338. The molecule has 0 aromatic carbocycles.